The Bertz CT molecular complexity index is 961. The number of aromatic nitrogens is 2. The van der Waals surface area contributed by atoms with Crippen LogP contribution in [-0.2, 0) is 7.05 Å². The van der Waals surface area contributed by atoms with E-state index in [4.69, 9.17) is 0 Å². The van der Waals surface area contributed by atoms with Crippen molar-refractivity contribution in [1.82, 2.24) is 15.2 Å². The molecule has 6 nitrogen and oxygen atoms in total. The van der Waals surface area contributed by atoms with Crippen LogP contribution in [0.25, 0.3) is 10.8 Å². The van der Waals surface area contributed by atoms with E-state index in [1.165, 1.54) is 42.5 Å². The van der Waals surface area contributed by atoms with Gasteiger partial charge in [-0.05, 0) is 61.8 Å². The third kappa shape index (κ3) is 2.39. The van der Waals surface area contributed by atoms with E-state index in [9.17, 15) is 9.59 Å². The van der Waals surface area contributed by atoms with E-state index in [-0.39, 0.29) is 17.2 Å². The number of nitrogens with one attached hydrogen (secondary N) is 1. The number of hydrogen-bond acceptors (Lipinski definition) is 4. The SMILES string of the molecule is Cn1nc(C(=O)NN=C2C3CC4CC(C3)CC2C4)c2ccccc2c1=O. The van der Waals surface area contributed by atoms with Crippen LogP contribution < -0.4 is 11.0 Å². The average Bonchev–Trinajstić information content (AvgIpc) is 2.63. The third-order valence-electron chi connectivity index (χ3n) is 6.43. The van der Waals surface area contributed by atoms with Gasteiger partial charge < -0.3 is 0 Å². The molecule has 4 aliphatic rings. The predicted molar refractivity (Wildman–Crippen MR) is 98.9 cm³/mol. The molecule has 1 heterocycles. The van der Waals surface area contributed by atoms with Gasteiger partial charge in [-0.3, -0.25) is 9.59 Å². The Balaban J connectivity index is 1.46. The minimum atomic E-state index is -0.349. The Morgan fingerprint density at radius 3 is 2.35 bits per heavy atom. The van der Waals surface area contributed by atoms with Crippen molar-refractivity contribution < 1.29 is 4.79 Å². The summed E-state index contributed by atoms with van der Waals surface area (Å²) in [6, 6.07) is 7.08. The molecule has 2 aromatic rings. The van der Waals surface area contributed by atoms with Crippen LogP contribution in [0.1, 0.15) is 42.6 Å². The number of aryl methyl sites for hydroxylation is 1. The fourth-order valence-electron chi connectivity index (χ4n) is 5.49. The van der Waals surface area contributed by atoms with Crippen molar-refractivity contribution in [3.63, 3.8) is 0 Å². The monoisotopic (exact) mass is 350 g/mol. The van der Waals surface area contributed by atoms with Gasteiger partial charge >= 0.3 is 0 Å². The molecule has 4 bridgehead atoms. The summed E-state index contributed by atoms with van der Waals surface area (Å²) in [6.45, 7) is 0. The van der Waals surface area contributed by atoms with Crippen molar-refractivity contribution in [2.45, 2.75) is 32.1 Å². The number of benzene rings is 1. The molecule has 0 atom stereocenters. The Labute approximate surface area is 151 Å². The predicted octanol–water partition coefficient (Wildman–Crippen LogP) is 2.48. The highest BCUT2D eigenvalue weighted by Crippen LogP contribution is 2.52. The molecular formula is C20H22N4O2. The quantitative estimate of drug-likeness (QED) is 0.846. The van der Waals surface area contributed by atoms with Crippen LogP contribution in [0.2, 0.25) is 0 Å². The van der Waals surface area contributed by atoms with Crippen molar-refractivity contribution in [2.24, 2.45) is 35.8 Å². The van der Waals surface area contributed by atoms with Gasteiger partial charge in [0.25, 0.3) is 11.5 Å². The number of hydrogen-bond donors (Lipinski definition) is 1. The third-order valence-corrected chi connectivity index (χ3v) is 6.43. The Morgan fingerprint density at radius 1 is 1.08 bits per heavy atom. The second-order valence-corrected chi connectivity index (χ2v) is 8.10. The summed E-state index contributed by atoms with van der Waals surface area (Å²) < 4.78 is 1.22. The molecule has 4 saturated carbocycles. The molecule has 1 N–H and O–H groups in total. The van der Waals surface area contributed by atoms with Gasteiger partial charge in [0, 0.05) is 18.1 Å². The van der Waals surface area contributed by atoms with E-state index in [1.807, 2.05) is 6.07 Å². The molecule has 1 amide bonds. The first-order valence-corrected chi connectivity index (χ1v) is 9.44. The van der Waals surface area contributed by atoms with E-state index < -0.39 is 0 Å². The van der Waals surface area contributed by atoms with E-state index in [2.05, 4.69) is 15.6 Å². The molecule has 6 rings (SSSR count). The maximum Gasteiger partial charge on any atom is 0.292 e. The number of rotatable bonds is 2. The summed E-state index contributed by atoms with van der Waals surface area (Å²) >= 11 is 0. The van der Waals surface area contributed by atoms with Crippen molar-refractivity contribution in [2.75, 3.05) is 0 Å². The molecule has 4 fully saturated rings. The van der Waals surface area contributed by atoms with Crippen molar-refractivity contribution in [1.29, 1.82) is 0 Å². The van der Waals surface area contributed by atoms with Crippen LogP contribution >= 0.6 is 0 Å². The zero-order chi connectivity index (χ0) is 17.8. The van der Waals surface area contributed by atoms with Crippen LogP contribution in [0.5, 0.6) is 0 Å². The Morgan fingerprint density at radius 2 is 1.69 bits per heavy atom. The lowest BCUT2D eigenvalue weighted by atomic mass is 9.55. The minimum Gasteiger partial charge on any atom is -0.267 e. The van der Waals surface area contributed by atoms with Crippen molar-refractivity contribution in [3.8, 4) is 0 Å². The summed E-state index contributed by atoms with van der Waals surface area (Å²) in [7, 11) is 1.56. The molecule has 6 heteroatoms. The first-order chi connectivity index (χ1) is 12.6. The van der Waals surface area contributed by atoms with Gasteiger partial charge in [-0.2, -0.15) is 10.2 Å². The lowest BCUT2D eigenvalue weighted by Gasteiger charge is -2.50. The summed E-state index contributed by atoms with van der Waals surface area (Å²) in [4.78, 5) is 25.0. The lowest BCUT2D eigenvalue weighted by molar-refractivity contribution is 0.0937. The number of fused-ring (bicyclic) bond motifs is 1. The maximum atomic E-state index is 12.8. The largest absolute Gasteiger partial charge is 0.292 e. The smallest absolute Gasteiger partial charge is 0.267 e. The van der Waals surface area contributed by atoms with Crippen LogP contribution in [-0.4, -0.2) is 21.4 Å². The van der Waals surface area contributed by atoms with Crippen LogP contribution in [0.15, 0.2) is 34.2 Å². The van der Waals surface area contributed by atoms with E-state index >= 15 is 0 Å². The van der Waals surface area contributed by atoms with E-state index in [0.717, 1.165) is 11.8 Å². The highest BCUT2D eigenvalue weighted by Gasteiger charge is 2.46. The molecule has 1 aromatic heterocycles. The number of hydrazone groups is 1. The van der Waals surface area contributed by atoms with Gasteiger partial charge in [-0.25, -0.2) is 10.1 Å². The normalized spacial score (nSPS) is 29.2. The topological polar surface area (TPSA) is 76.3 Å². The van der Waals surface area contributed by atoms with Crippen LogP contribution in [0.4, 0.5) is 0 Å². The number of amides is 1. The molecule has 0 unspecified atom stereocenters. The maximum absolute atomic E-state index is 12.8. The molecule has 134 valence electrons. The summed E-state index contributed by atoms with van der Waals surface area (Å²) in [6.07, 6.45) is 6.29. The van der Waals surface area contributed by atoms with Gasteiger partial charge in [0.2, 0.25) is 0 Å². The zero-order valence-electron chi connectivity index (χ0n) is 14.8. The molecular weight excluding hydrogens is 328 g/mol. The highest BCUT2D eigenvalue weighted by atomic mass is 16.2. The van der Waals surface area contributed by atoms with Crippen molar-refractivity contribution >= 4 is 22.4 Å². The second-order valence-electron chi connectivity index (χ2n) is 8.10. The minimum absolute atomic E-state index is 0.204. The number of carbonyl (C=O) groups excluding carboxylic acids is 1. The second kappa shape index (κ2) is 5.76. The fourth-order valence-corrected chi connectivity index (χ4v) is 5.49. The fraction of sp³-hybridized carbons (Fsp3) is 0.500. The van der Waals surface area contributed by atoms with Gasteiger partial charge in [0.1, 0.15) is 0 Å². The summed E-state index contributed by atoms with van der Waals surface area (Å²) in [5.41, 5.74) is 3.96. The Kier molecular flexibility index (Phi) is 3.48. The Hall–Kier alpha value is -2.50. The molecule has 26 heavy (non-hydrogen) atoms. The van der Waals surface area contributed by atoms with E-state index in [1.54, 1.807) is 25.2 Å². The molecule has 4 aliphatic carbocycles. The standard InChI is InChI=1S/C20H22N4O2/c1-24-20(26)16-5-3-2-4-15(16)18(23-24)19(25)22-21-17-13-7-11-6-12(9-13)10-14(17)8-11/h2-5,11-14H,6-10H2,1H3,(H,22,25). The molecule has 0 aliphatic heterocycles. The summed E-state index contributed by atoms with van der Waals surface area (Å²) in [5.74, 6) is 2.45. The average molecular weight is 350 g/mol. The molecule has 0 spiro atoms. The first kappa shape index (κ1) is 15.7. The van der Waals surface area contributed by atoms with E-state index in [0.29, 0.717) is 22.6 Å². The zero-order valence-corrected chi connectivity index (χ0v) is 14.8. The van der Waals surface area contributed by atoms with Gasteiger partial charge in [-0.1, -0.05) is 18.2 Å². The van der Waals surface area contributed by atoms with Crippen LogP contribution in [0.3, 0.4) is 0 Å². The molecule has 1 aromatic carbocycles. The molecule has 0 saturated heterocycles. The van der Waals surface area contributed by atoms with Gasteiger partial charge in [-0.15, -0.1) is 0 Å². The van der Waals surface area contributed by atoms with Crippen LogP contribution in [0, 0.1) is 23.7 Å². The molecule has 0 radical (unpaired) electrons. The van der Waals surface area contributed by atoms with Crippen molar-refractivity contribution in [3.05, 3.63) is 40.3 Å². The van der Waals surface area contributed by atoms with Gasteiger partial charge in [0.05, 0.1) is 5.39 Å². The number of nitrogens with zero attached hydrogens (tertiary/aromatic N) is 3. The van der Waals surface area contributed by atoms with Gasteiger partial charge in [0.15, 0.2) is 5.69 Å². The number of carbonyl (C=O) groups is 1. The first-order valence-electron chi connectivity index (χ1n) is 9.44. The highest BCUT2D eigenvalue weighted by molar-refractivity contribution is 6.05. The lowest BCUT2D eigenvalue weighted by Crippen LogP contribution is -2.46. The summed E-state index contributed by atoms with van der Waals surface area (Å²) in [5, 5.41) is 9.79.